The molecule has 5 nitrogen and oxygen atoms in total. The molecule has 1 heterocycles. The predicted octanol–water partition coefficient (Wildman–Crippen LogP) is 1.96. The minimum absolute atomic E-state index is 0.0273. The lowest BCUT2D eigenvalue weighted by Gasteiger charge is -2.34. The van der Waals surface area contributed by atoms with E-state index in [1.54, 1.807) is 7.11 Å². The molecule has 1 saturated heterocycles. The minimum Gasteiger partial charge on any atom is -0.497 e. The van der Waals surface area contributed by atoms with Gasteiger partial charge in [-0.2, -0.15) is 0 Å². The number of hydrogen-bond donors (Lipinski definition) is 1. The van der Waals surface area contributed by atoms with E-state index in [-0.39, 0.29) is 12.0 Å². The van der Waals surface area contributed by atoms with Crippen molar-refractivity contribution >= 4 is 11.6 Å². The van der Waals surface area contributed by atoms with Crippen molar-refractivity contribution in [2.45, 2.75) is 37.8 Å². The van der Waals surface area contributed by atoms with Gasteiger partial charge < -0.3 is 19.7 Å². The third-order valence-corrected chi connectivity index (χ3v) is 4.48. The quantitative estimate of drug-likeness (QED) is 0.924. The second-order valence-corrected chi connectivity index (χ2v) is 6.00. The minimum atomic E-state index is -0.388. The molecule has 2 fully saturated rings. The molecule has 22 heavy (non-hydrogen) atoms. The van der Waals surface area contributed by atoms with Crippen molar-refractivity contribution in [2.75, 3.05) is 31.7 Å². The molecule has 1 aliphatic carbocycles. The second kappa shape index (κ2) is 7.01. The van der Waals surface area contributed by atoms with Crippen LogP contribution in [0.25, 0.3) is 0 Å². The van der Waals surface area contributed by atoms with Crippen LogP contribution >= 0.6 is 0 Å². The molecule has 120 valence electrons. The second-order valence-electron chi connectivity index (χ2n) is 6.00. The number of hydrogen-bond acceptors (Lipinski definition) is 4. The van der Waals surface area contributed by atoms with Crippen molar-refractivity contribution in [3.05, 3.63) is 24.3 Å². The number of methoxy groups -OCH3 is 1. The summed E-state index contributed by atoms with van der Waals surface area (Å²) < 4.78 is 10.9. The number of rotatable bonds is 4. The predicted molar refractivity (Wildman–Crippen MR) is 85.3 cm³/mol. The highest BCUT2D eigenvalue weighted by molar-refractivity contribution is 5.82. The average molecular weight is 304 g/mol. The van der Waals surface area contributed by atoms with Crippen LogP contribution in [0.5, 0.6) is 5.75 Å². The summed E-state index contributed by atoms with van der Waals surface area (Å²) in [7, 11) is 1.66. The van der Waals surface area contributed by atoms with Crippen molar-refractivity contribution in [1.29, 1.82) is 0 Å². The Morgan fingerprint density at radius 2 is 2.18 bits per heavy atom. The molecule has 0 aromatic heterocycles. The average Bonchev–Trinajstić information content (AvgIpc) is 3.08. The molecular formula is C17H24N2O3. The Kier molecular flexibility index (Phi) is 4.83. The fraction of sp³-hybridized carbons (Fsp3) is 0.588. The van der Waals surface area contributed by atoms with Gasteiger partial charge in [0.1, 0.15) is 5.75 Å². The van der Waals surface area contributed by atoms with E-state index in [4.69, 9.17) is 9.47 Å². The van der Waals surface area contributed by atoms with Crippen molar-refractivity contribution < 1.29 is 14.3 Å². The molecule has 1 aromatic carbocycles. The van der Waals surface area contributed by atoms with Gasteiger partial charge in [0.25, 0.3) is 5.91 Å². The Balaban J connectivity index is 1.61. The Hall–Kier alpha value is -1.75. The largest absolute Gasteiger partial charge is 0.497 e. The Labute approximate surface area is 131 Å². The summed E-state index contributed by atoms with van der Waals surface area (Å²) in [6, 6.07) is 8.27. The fourth-order valence-electron chi connectivity index (χ4n) is 3.21. The molecule has 1 N–H and O–H groups in total. The molecule has 1 atom stereocenters. The number of carbonyl (C=O) groups is 1. The molecule has 5 heteroatoms. The van der Waals surface area contributed by atoms with Crippen LogP contribution in [0.1, 0.15) is 25.7 Å². The topological polar surface area (TPSA) is 50.8 Å². The van der Waals surface area contributed by atoms with E-state index in [0.29, 0.717) is 19.2 Å². The van der Waals surface area contributed by atoms with E-state index < -0.39 is 0 Å². The lowest BCUT2D eigenvalue weighted by Crippen LogP contribution is -2.51. The molecule has 1 saturated carbocycles. The summed E-state index contributed by atoms with van der Waals surface area (Å²) in [5.74, 6) is 0.857. The van der Waals surface area contributed by atoms with Gasteiger partial charge in [-0.25, -0.2) is 0 Å². The van der Waals surface area contributed by atoms with Gasteiger partial charge in [-0.1, -0.05) is 18.9 Å². The standard InChI is InChI=1S/C17H24N2O3/c1-21-15-8-4-7-14(11-15)19-9-10-22-16(12-19)17(20)18-13-5-2-3-6-13/h4,7-8,11,13,16H,2-3,5-6,9-10,12H2,1H3,(H,18,20)/t16-/m1/s1. The van der Waals surface area contributed by atoms with E-state index in [1.165, 1.54) is 12.8 Å². The first kappa shape index (κ1) is 15.2. The van der Waals surface area contributed by atoms with Crippen molar-refractivity contribution in [3.8, 4) is 5.75 Å². The van der Waals surface area contributed by atoms with E-state index in [9.17, 15) is 4.79 Å². The van der Waals surface area contributed by atoms with Gasteiger partial charge in [-0.05, 0) is 25.0 Å². The third kappa shape index (κ3) is 3.53. The van der Waals surface area contributed by atoms with Gasteiger partial charge in [-0.3, -0.25) is 4.79 Å². The zero-order valence-corrected chi connectivity index (χ0v) is 13.1. The summed E-state index contributed by atoms with van der Waals surface area (Å²) in [6.45, 7) is 1.95. The van der Waals surface area contributed by atoms with E-state index in [0.717, 1.165) is 30.8 Å². The maximum absolute atomic E-state index is 12.4. The number of morpholine rings is 1. The molecule has 3 rings (SSSR count). The first-order valence-corrected chi connectivity index (χ1v) is 8.07. The maximum Gasteiger partial charge on any atom is 0.251 e. The van der Waals surface area contributed by atoms with Gasteiger partial charge in [0, 0.05) is 24.3 Å². The molecule has 2 aliphatic rings. The molecule has 0 unspecified atom stereocenters. The van der Waals surface area contributed by atoms with Crippen molar-refractivity contribution in [3.63, 3.8) is 0 Å². The van der Waals surface area contributed by atoms with Crippen LogP contribution in [-0.2, 0) is 9.53 Å². The molecule has 1 amide bonds. The number of ether oxygens (including phenoxy) is 2. The van der Waals surface area contributed by atoms with Gasteiger partial charge in [-0.15, -0.1) is 0 Å². The number of carbonyl (C=O) groups excluding carboxylic acids is 1. The van der Waals surface area contributed by atoms with Gasteiger partial charge in [0.05, 0.1) is 20.3 Å². The van der Waals surface area contributed by atoms with E-state index >= 15 is 0 Å². The van der Waals surface area contributed by atoms with Crippen molar-refractivity contribution in [2.24, 2.45) is 0 Å². The van der Waals surface area contributed by atoms with Crippen LogP contribution in [0, 0.1) is 0 Å². The highest BCUT2D eigenvalue weighted by Gasteiger charge is 2.29. The summed E-state index contributed by atoms with van der Waals surface area (Å²) in [6.07, 6.45) is 4.23. The SMILES string of the molecule is COc1cccc(N2CCO[C@@H](C(=O)NC3CCCC3)C2)c1. The first-order valence-electron chi connectivity index (χ1n) is 8.07. The van der Waals surface area contributed by atoms with Gasteiger partial charge >= 0.3 is 0 Å². The number of nitrogens with one attached hydrogen (secondary N) is 1. The lowest BCUT2D eigenvalue weighted by atomic mass is 10.2. The monoisotopic (exact) mass is 304 g/mol. The van der Waals surface area contributed by atoms with Crippen LogP contribution in [-0.4, -0.2) is 44.9 Å². The molecule has 1 aliphatic heterocycles. The highest BCUT2D eigenvalue weighted by Crippen LogP contribution is 2.23. The summed E-state index contributed by atoms with van der Waals surface area (Å²) in [5.41, 5.74) is 1.07. The summed E-state index contributed by atoms with van der Waals surface area (Å²) >= 11 is 0. The zero-order chi connectivity index (χ0) is 15.4. The smallest absolute Gasteiger partial charge is 0.251 e. The fourth-order valence-corrected chi connectivity index (χ4v) is 3.21. The number of anilines is 1. The van der Waals surface area contributed by atoms with Gasteiger partial charge in [0.2, 0.25) is 0 Å². The van der Waals surface area contributed by atoms with Crippen LogP contribution in [0.3, 0.4) is 0 Å². The number of amides is 1. The van der Waals surface area contributed by atoms with Crippen LogP contribution < -0.4 is 15.0 Å². The Bertz CT molecular complexity index is 514. The maximum atomic E-state index is 12.4. The lowest BCUT2D eigenvalue weighted by molar-refractivity contribution is -0.134. The van der Waals surface area contributed by atoms with Crippen LogP contribution in [0.15, 0.2) is 24.3 Å². The molecule has 0 radical (unpaired) electrons. The van der Waals surface area contributed by atoms with E-state index in [2.05, 4.69) is 10.2 Å². The Morgan fingerprint density at radius 3 is 2.95 bits per heavy atom. The summed E-state index contributed by atoms with van der Waals surface area (Å²) in [4.78, 5) is 14.6. The van der Waals surface area contributed by atoms with Gasteiger partial charge in [0.15, 0.2) is 6.10 Å². The highest BCUT2D eigenvalue weighted by atomic mass is 16.5. The van der Waals surface area contributed by atoms with Crippen LogP contribution in [0.2, 0.25) is 0 Å². The zero-order valence-electron chi connectivity index (χ0n) is 13.1. The molecule has 0 bridgehead atoms. The first-order chi connectivity index (χ1) is 10.8. The molecular weight excluding hydrogens is 280 g/mol. The van der Waals surface area contributed by atoms with Crippen molar-refractivity contribution in [1.82, 2.24) is 5.32 Å². The number of benzene rings is 1. The summed E-state index contributed by atoms with van der Waals surface area (Å²) in [5, 5.41) is 3.13. The van der Waals surface area contributed by atoms with E-state index in [1.807, 2.05) is 24.3 Å². The molecule has 1 aromatic rings. The Morgan fingerprint density at radius 1 is 1.36 bits per heavy atom. The number of nitrogens with zero attached hydrogens (tertiary/aromatic N) is 1. The third-order valence-electron chi connectivity index (χ3n) is 4.48. The normalized spacial score (nSPS) is 22.6. The van der Waals surface area contributed by atoms with Crippen LogP contribution in [0.4, 0.5) is 5.69 Å². The molecule has 0 spiro atoms.